The molecule has 0 aliphatic carbocycles. The molecule has 1 aliphatic heterocycles. The number of thiophene rings is 1. The van der Waals surface area contributed by atoms with Crippen molar-refractivity contribution in [3.63, 3.8) is 0 Å². The van der Waals surface area contributed by atoms with E-state index in [0.29, 0.717) is 17.0 Å². The number of thioether (sulfide) groups is 1. The maximum Gasteiger partial charge on any atom is 0.259 e. The quantitative estimate of drug-likeness (QED) is 0.739. The van der Waals surface area contributed by atoms with Gasteiger partial charge in [-0.15, -0.1) is 23.1 Å². The normalized spacial score (nSPS) is 16.9. The third kappa shape index (κ3) is 4.24. The molecule has 1 amide bonds. The van der Waals surface area contributed by atoms with Crippen LogP contribution in [0.5, 0.6) is 0 Å². The topological polar surface area (TPSA) is 86.9 Å². The fourth-order valence-electron chi connectivity index (χ4n) is 2.93. The molecule has 136 valence electrons. The first-order chi connectivity index (χ1) is 12.0. The Hall–Kier alpha value is -1.38. The van der Waals surface area contributed by atoms with Crippen LogP contribution in [-0.2, 0) is 10.5 Å². The Kier molecular flexibility index (Phi) is 5.81. The molecule has 2 aromatic heterocycles. The van der Waals surface area contributed by atoms with Crippen molar-refractivity contribution in [1.82, 2.24) is 20.6 Å². The summed E-state index contributed by atoms with van der Waals surface area (Å²) in [5.41, 5.74) is 0.914. The van der Waals surface area contributed by atoms with Crippen LogP contribution in [0.25, 0.3) is 10.2 Å². The number of hydrogen-bond acceptors (Lipinski definition) is 6. The maximum atomic E-state index is 12.3. The number of aromatic amines is 1. The van der Waals surface area contributed by atoms with Gasteiger partial charge in [-0.05, 0) is 52.3 Å². The highest BCUT2D eigenvalue weighted by molar-refractivity contribution is 7.99. The van der Waals surface area contributed by atoms with Crippen molar-refractivity contribution < 1.29 is 4.79 Å². The number of rotatable bonds is 5. The fraction of sp³-hybridized carbons (Fsp3) is 0.588. The van der Waals surface area contributed by atoms with Gasteiger partial charge >= 0.3 is 0 Å². The number of nitrogens with zero attached hydrogens (tertiary/aromatic N) is 1. The zero-order valence-electron chi connectivity index (χ0n) is 14.8. The average Bonchev–Trinajstić information content (AvgIpc) is 2.88. The molecule has 3 rings (SSSR count). The highest BCUT2D eigenvalue weighted by atomic mass is 32.2. The van der Waals surface area contributed by atoms with Crippen molar-refractivity contribution >= 4 is 39.2 Å². The number of piperidine rings is 1. The Morgan fingerprint density at radius 1 is 1.40 bits per heavy atom. The summed E-state index contributed by atoms with van der Waals surface area (Å²) in [6, 6.07) is 0.267. The van der Waals surface area contributed by atoms with E-state index in [4.69, 9.17) is 0 Å². The van der Waals surface area contributed by atoms with Crippen molar-refractivity contribution in [1.29, 1.82) is 0 Å². The molecule has 8 heteroatoms. The van der Waals surface area contributed by atoms with Crippen LogP contribution in [0.4, 0.5) is 0 Å². The fourth-order valence-corrected chi connectivity index (χ4v) is 4.74. The van der Waals surface area contributed by atoms with Crippen molar-refractivity contribution in [2.75, 3.05) is 13.1 Å². The van der Waals surface area contributed by atoms with Gasteiger partial charge in [0, 0.05) is 10.9 Å². The predicted octanol–water partition coefficient (Wildman–Crippen LogP) is 2.09. The molecule has 0 spiro atoms. The smallest absolute Gasteiger partial charge is 0.259 e. The van der Waals surface area contributed by atoms with Crippen molar-refractivity contribution in [2.24, 2.45) is 0 Å². The van der Waals surface area contributed by atoms with E-state index in [1.807, 2.05) is 20.8 Å². The molecule has 3 N–H and O–H groups in total. The van der Waals surface area contributed by atoms with E-state index in [2.05, 4.69) is 20.6 Å². The Labute approximate surface area is 155 Å². The molecule has 0 radical (unpaired) electrons. The van der Waals surface area contributed by atoms with E-state index < -0.39 is 0 Å². The van der Waals surface area contributed by atoms with Gasteiger partial charge < -0.3 is 15.6 Å². The summed E-state index contributed by atoms with van der Waals surface area (Å²) in [7, 11) is 0. The lowest BCUT2D eigenvalue weighted by molar-refractivity contribution is -0.121. The van der Waals surface area contributed by atoms with E-state index in [1.165, 1.54) is 11.8 Å². The molecular weight excluding hydrogens is 356 g/mol. The van der Waals surface area contributed by atoms with Gasteiger partial charge in [-0.25, -0.2) is 4.98 Å². The lowest BCUT2D eigenvalue weighted by Crippen LogP contribution is -2.45. The molecular formula is C17H24N4O2S2. The first kappa shape index (κ1) is 18.4. The molecule has 0 saturated carbocycles. The predicted molar refractivity (Wildman–Crippen MR) is 105 cm³/mol. The Morgan fingerprint density at radius 3 is 2.84 bits per heavy atom. The first-order valence-electron chi connectivity index (χ1n) is 8.57. The molecule has 1 atom stereocenters. The van der Waals surface area contributed by atoms with Crippen LogP contribution in [0.15, 0.2) is 4.79 Å². The van der Waals surface area contributed by atoms with Crippen LogP contribution in [0.3, 0.4) is 0 Å². The summed E-state index contributed by atoms with van der Waals surface area (Å²) in [6.07, 6.45) is 1.96. The van der Waals surface area contributed by atoms with E-state index in [1.54, 1.807) is 11.3 Å². The number of amides is 1. The minimum Gasteiger partial charge on any atom is -0.352 e. The zero-order valence-corrected chi connectivity index (χ0v) is 16.4. The average molecular weight is 381 g/mol. The van der Waals surface area contributed by atoms with Crippen LogP contribution >= 0.6 is 23.1 Å². The number of aromatic nitrogens is 2. The molecule has 3 heterocycles. The van der Waals surface area contributed by atoms with Gasteiger partial charge in [-0.3, -0.25) is 9.59 Å². The van der Waals surface area contributed by atoms with Gasteiger partial charge in [0.05, 0.1) is 16.4 Å². The van der Waals surface area contributed by atoms with Gasteiger partial charge in [0.2, 0.25) is 5.91 Å². The molecule has 2 aromatic rings. The maximum absolute atomic E-state index is 12.3. The van der Waals surface area contributed by atoms with Gasteiger partial charge in [0.1, 0.15) is 10.7 Å². The van der Waals surface area contributed by atoms with Crippen molar-refractivity contribution in [2.45, 2.75) is 50.7 Å². The van der Waals surface area contributed by atoms with Crippen molar-refractivity contribution in [3.05, 3.63) is 26.6 Å². The molecule has 6 nitrogen and oxygen atoms in total. The minimum atomic E-state index is -0.178. The Bertz CT molecular complexity index is 824. The SMILES string of the molecule is Cc1sc2nc(CSC(C)C(=O)NC3CCNCC3)[nH]c(=O)c2c1C. The summed E-state index contributed by atoms with van der Waals surface area (Å²) >= 11 is 3.04. The lowest BCUT2D eigenvalue weighted by Gasteiger charge is -2.25. The van der Waals surface area contributed by atoms with Gasteiger partial charge in [0.15, 0.2) is 0 Å². The minimum absolute atomic E-state index is 0.0585. The lowest BCUT2D eigenvalue weighted by atomic mass is 10.1. The summed E-state index contributed by atoms with van der Waals surface area (Å²) < 4.78 is 0. The van der Waals surface area contributed by atoms with Gasteiger partial charge in [0.25, 0.3) is 5.56 Å². The summed E-state index contributed by atoms with van der Waals surface area (Å²) in [6.45, 7) is 7.77. The number of aryl methyl sites for hydroxylation is 2. The standard InChI is InChI=1S/C17H24N4O2S2/c1-9-10(2)25-17-14(9)16(23)20-13(21-17)8-24-11(3)15(22)19-12-4-6-18-7-5-12/h11-12,18H,4-8H2,1-3H3,(H,19,22)(H,20,21,23). The van der Waals surface area contributed by atoms with Crippen LogP contribution in [0, 0.1) is 13.8 Å². The van der Waals surface area contributed by atoms with Gasteiger partial charge in [-0.1, -0.05) is 0 Å². The van der Waals surface area contributed by atoms with E-state index >= 15 is 0 Å². The van der Waals surface area contributed by atoms with Crippen LogP contribution in [0.1, 0.15) is 36.0 Å². The molecule has 0 aromatic carbocycles. The summed E-state index contributed by atoms with van der Waals surface area (Å²) in [5.74, 6) is 1.20. The van der Waals surface area contributed by atoms with Crippen molar-refractivity contribution in [3.8, 4) is 0 Å². The molecule has 1 unspecified atom stereocenters. The largest absolute Gasteiger partial charge is 0.352 e. The number of hydrogen-bond donors (Lipinski definition) is 3. The summed E-state index contributed by atoms with van der Waals surface area (Å²) in [4.78, 5) is 33.9. The third-order valence-electron chi connectivity index (χ3n) is 4.61. The molecule has 25 heavy (non-hydrogen) atoms. The number of carbonyl (C=O) groups is 1. The van der Waals surface area contributed by atoms with Crippen LogP contribution in [-0.4, -0.2) is 40.3 Å². The van der Waals surface area contributed by atoms with E-state index in [-0.39, 0.29) is 22.8 Å². The molecule has 0 bridgehead atoms. The molecule has 1 saturated heterocycles. The number of H-pyrrole nitrogens is 1. The second-order valence-corrected chi connectivity index (χ2v) is 8.99. The Morgan fingerprint density at radius 2 is 2.12 bits per heavy atom. The van der Waals surface area contributed by atoms with Crippen LogP contribution < -0.4 is 16.2 Å². The first-order valence-corrected chi connectivity index (χ1v) is 10.4. The van der Waals surface area contributed by atoms with E-state index in [9.17, 15) is 9.59 Å². The number of carbonyl (C=O) groups excluding carboxylic acids is 1. The summed E-state index contributed by atoms with van der Waals surface area (Å²) in [5, 5.41) is 6.92. The zero-order chi connectivity index (χ0) is 18.0. The second kappa shape index (κ2) is 7.88. The third-order valence-corrected chi connectivity index (χ3v) is 6.87. The number of nitrogens with one attached hydrogen (secondary N) is 3. The van der Waals surface area contributed by atoms with E-state index in [0.717, 1.165) is 41.2 Å². The highest BCUT2D eigenvalue weighted by Gasteiger charge is 2.20. The van der Waals surface area contributed by atoms with Crippen LogP contribution in [0.2, 0.25) is 0 Å². The van der Waals surface area contributed by atoms with Gasteiger partial charge in [-0.2, -0.15) is 0 Å². The number of fused-ring (bicyclic) bond motifs is 1. The monoisotopic (exact) mass is 380 g/mol. The molecule has 1 aliphatic rings. The molecule has 1 fully saturated rings. The highest BCUT2D eigenvalue weighted by Crippen LogP contribution is 2.26. The Balaban J connectivity index is 1.61. The second-order valence-electron chi connectivity index (χ2n) is 6.46.